The second-order valence-corrected chi connectivity index (χ2v) is 6.61. The Balaban J connectivity index is 1.78. The molecule has 0 radical (unpaired) electrons. The van der Waals surface area contributed by atoms with Crippen LogP contribution in [0.1, 0.15) is 21.5 Å². The molecule has 0 saturated heterocycles. The van der Waals surface area contributed by atoms with E-state index in [-0.39, 0.29) is 5.69 Å². The number of amides is 1. The summed E-state index contributed by atoms with van der Waals surface area (Å²) in [6, 6.07) is 17.7. The van der Waals surface area contributed by atoms with Crippen LogP contribution in [0, 0.1) is 5.82 Å². The molecule has 1 atom stereocenters. The first-order valence-electron chi connectivity index (χ1n) is 8.81. The van der Waals surface area contributed by atoms with Crippen LogP contribution in [0.4, 0.5) is 15.8 Å². The molecule has 138 valence electrons. The minimum absolute atomic E-state index is 0.00340. The van der Waals surface area contributed by atoms with E-state index in [2.05, 4.69) is 4.99 Å². The lowest BCUT2D eigenvalue weighted by atomic mass is 9.93. The first-order valence-corrected chi connectivity index (χ1v) is 8.81. The van der Waals surface area contributed by atoms with Crippen molar-refractivity contribution in [3.63, 3.8) is 0 Å². The average Bonchev–Trinajstić information content (AvgIpc) is 2.97. The number of rotatable bonds is 2. The molecular formula is C22H15FN2O3. The molecule has 1 N–H and O–H groups in total. The van der Waals surface area contributed by atoms with Crippen LogP contribution < -0.4 is 9.64 Å². The van der Waals surface area contributed by atoms with Gasteiger partial charge in [-0.1, -0.05) is 30.3 Å². The average molecular weight is 374 g/mol. The Morgan fingerprint density at radius 3 is 2.71 bits per heavy atom. The Bertz CT molecular complexity index is 1140. The summed E-state index contributed by atoms with van der Waals surface area (Å²) in [5.41, 5.74) is -0.214. The maximum absolute atomic E-state index is 14.6. The lowest BCUT2D eigenvalue weighted by molar-refractivity contribution is 0.0698. The number of nitrogens with zero attached hydrogens (tertiary/aromatic N) is 2. The van der Waals surface area contributed by atoms with E-state index in [0.717, 1.165) is 4.90 Å². The van der Waals surface area contributed by atoms with Crippen molar-refractivity contribution in [1.29, 1.82) is 0 Å². The molecule has 3 aromatic rings. The molecule has 0 fully saturated rings. The minimum Gasteiger partial charge on any atom is -0.486 e. The highest BCUT2D eigenvalue weighted by Gasteiger charge is 2.51. The van der Waals surface area contributed by atoms with Crippen LogP contribution in [0.25, 0.3) is 0 Å². The molecule has 0 aromatic heterocycles. The quantitative estimate of drug-likeness (QED) is 0.743. The van der Waals surface area contributed by atoms with E-state index >= 15 is 0 Å². The van der Waals surface area contributed by atoms with Gasteiger partial charge in [0.2, 0.25) is 0 Å². The van der Waals surface area contributed by atoms with Gasteiger partial charge in [-0.2, -0.15) is 0 Å². The molecular weight excluding hydrogens is 359 g/mol. The van der Waals surface area contributed by atoms with Gasteiger partial charge in [-0.25, -0.2) is 4.39 Å². The maximum atomic E-state index is 14.6. The third-order valence-corrected chi connectivity index (χ3v) is 5.06. The Labute approximate surface area is 160 Å². The van der Waals surface area contributed by atoms with Gasteiger partial charge in [0, 0.05) is 22.9 Å². The second-order valence-electron chi connectivity index (χ2n) is 6.61. The summed E-state index contributed by atoms with van der Waals surface area (Å²) in [4.78, 5) is 18.6. The largest absolute Gasteiger partial charge is 0.486 e. The lowest BCUT2D eigenvalue weighted by Crippen LogP contribution is -2.45. The first kappa shape index (κ1) is 16.6. The molecule has 3 aromatic carbocycles. The third kappa shape index (κ3) is 2.21. The van der Waals surface area contributed by atoms with Gasteiger partial charge in [0.15, 0.2) is 5.72 Å². The van der Waals surface area contributed by atoms with Crippen LogP contribution in [0.3, 0.4) is 0 Å². The molecule has 2 aliphatic heterocycles. The smallest absolute Gasteiger partial charge is 0.261 e. The predicted octanol–water partition coefficient (Wildman–Crippen LogP) is 3.77. The van der Waals surface area contributed by atoms with E-state index in [9.17, 15) is 14.3 Å². The molecule has 0 bridgehead atoms. The fraction of sp³-hybridized carbons (Fsp3) is 0.0909. The van der Waals surface area contributed by atoms with Crippen molar-refractivity contribution in [3.05, 3.63) is 89.2 Å². The summed E-state index contributed by atoms with van der Waals surface area (Å²) in [6.07, 6.45) is 1.62. The van der Waals surface area contributed by atoms with Crippen molar-refractivity contribution in [2.45, 2.75) is 5.72 Å². The van der Waals surface area contributed by atoms with Crippen molar-refractivity contribution in [2.75, 3.05) is 11.5 Å². The minimum atomic E-state index is -1.88. The number of fused-ring (bicyclic) bond motifs is 2. The maximum Gasteiger partial charge on any atom is 0.261 e. The number of aliphatic imine (C=N–C) groups is 1. The number of para-hydroxylation sites is 1. The Kier molecular flexibility index (Phi) is 3.57. The molecule has 0 spiro atoms. The molecule has 2 heterocycles. The van der Waals surface area contributed by atoms with E-state index in [4.69, 9.17) is 4.74 Å². The van der Waals surface area contributed by atoms with Gasteiger partial charge in [0.25, 0.3) is 5.91 Å². The molecule has 6 heteroatoms. The zero-order valence-corrected chi connectivity index (χ0v) is 14.7. The Hall–Kier alpha value is -3.51. The number of hydrogen-bond acceptors (Lipinski definition) is 4. The predicted molar refractivity (Wildman–Crippen MR) is 103 cm³/mol. The zero-order chi connectivity index (χ0) is 19.3. The highest BCUT2D eigenvalue weighted by atomic mass is 19.1. The van der Waals surface area contributed by atoms with Crippen molar-refractivity contribution in [1.82, 2.24) is 0 Å². The summed E-state index contributed by atoms with van der Waals surface area (Å²) in [5, 5.41) is 11.9. The molecule has 0 aliphatic carbocycles. The monoisotopic (exact) mass is 374 g/mol. The summed E-state index contributed by atoms with van der Waals surface area (Å²) >= 11 is 0. The normalized spacial score (nSPS) is 19.9. The van der Waals surface area contributed by atoms with Crippen LogP contribution >= 0.6 is 0 Å². The van der Waals surface area contributed by atoms with Gasteiger partial charge in [-0.15, -0.1) is 0 Å². The van der Waals surface area contributed by atoms with Crippen LogP contribution in [0.5, 0.6) is 5.75 Å². The lowest BCUT2D eigenvalue weighted by Gasteiger charge is -2.35. The number of ether oxygens (including phenoxy) is 1. The molecule has 1 amide bonds. The molecule has 5 rings (SSSR count). The topological polar surface area (TPSA) is 62.1 Å². The number of anilines is 1. The standard InChI is InChI=1S/C22H15FN2O3/c23-17-7-3-4-8-19(17)25-21(26)15-5-1-2-6-16(15)22(25,27)14-9-10-20-18(13-14)24-11-12-28-20/h1-11,13,27H,12H2. The van der Waals surface area contributed by atoms with Gasteiger partial charge >= 0.3 is 0 Å². The van der Waals surface area contributed by atoms with Crippen LogP contribution in [-0.4, -0.2) is 23.8 Å². The van der Waals surface area contributed by atoms with Gasteiger partial charge in [-0.3, -0.25) is 14.7 Å². The van der Waals surface area contributed by atoms with Gasteiger partial charge in [0.05, 0.1) is 5.69 Å². The van der Waals surface area contributed by atoms with Crippen LogP contribution in [-0.2, 0) is 5.72 Å². The Morgan fingerprint density at radius 2 is 1.86 bits per heavy atom. The van der Waals surface area contributed by atoms with Gasteiger partial charge in [0.1, 0.15) is 23.9 Å². The summed E-state index contributed by atoms with van der Waals surface area (Å²) in [6.45, 7) is 0.374. The number of halogens is 1. The molecule has 2 aliphatic rings. The summed E-state index contributed by atoms with van der Waals surface area (Å²) in [5.74, 6) is -0.480. The molecule has 5 nitrogen and oxygen atoms in total. The number of carbonyl (C=O) groups is 1. The first-order chi connectivity index (χ1) is 13.6. The van der Waals surface area contributed by atoms with E-state index in [1.165, 1.54) is 18.2 Å². The fourth-order valence-corrected chi connectivity index (χ4v) is 3.78. The third-order valence-electron chi connectivity index (χ3n) is 5.06. The highest BCUT2D eigenvalue weighted by Crippen LogP contribution is 2.47. The molecule has 0 saturated carbocycles. The summed E-state index contributed by atoms with van der Waals surface area (Å²) in [7, 11) is 0. The van der Waals surface area contributed by atoms with Crippen LogP contribution in [0.2, 0.25) is 0 Å². The van der Waals surface area contributed by atoms with E-state index in [1.807, 2.05) is 0 Å². The van der Waals surface area contributed by atoms with Crippen molar-refractivity contribution in [3.8, 4) is 5.75 Å². The van der Waals surface area contributed by atoms with Crippen LogP contribution in [0.15, 0.2) is 71.7 Å². The van der Waals surface area contributed by atoms with E-state index < -0.39 is 17.4 Å². The zero-order valence-electron chi connectivity index (χ0n) is 14.7. The van der Waals surface area contributed by atoms with Gasteiger partial charge < -0.3 is 9.84 Å². The molecule has 1 unspecified atom stereocenters. The van der Waals surface area contributed by atoms with E-state index in [1.54, 1.807) is 54.7 Å². The number of carbonyl (C=O) groups excluding carboxylic acids is 1. The van der Waals surface area contributed by atoms with E-state index in [0.29, 0.717) is 34.7 Å². The second kappa shape index (κ2) is 6.00. The number of aliphatic hydroxyl groups is 1. The van der Waals surface area contributed by atoms with Gasteiger partial charge in [-0.05, 0) is 36.4 Å². The van der Waals surface area contributed by atoms with Crippen molar-refractivity contribution < 1.29 is 19.0 Å². The van der Waals surface area contributed by atoms with Crippen molar-refractivity contribution in [2.24, 2.45) is 4.99 Å². The fourth-order valence-electron chi connectivity index (χ4n) is 3.78. The molecule has 28 heavy (non-hydrogen) atoms. The highest BCUT2D eigenvalue weighted by molar-refractivity contribution is 6.12. The summed E-state index contributed by atoms with van der Waals surface area (Å²) < 4.78 is 20.1. The Morgan fingerprint density at radius 1 is 1.07 bits per heavy atom. The SMILES string of the molecule is O=C1c2ccccc2C(O)(c2ccc3c(c2)N=CCO3)N1c1ccccc1F. The van der Waals surface area contributed by atoms with Crippen molar-refractivity contribution >= 4 is 23.5 Å². The number of hydrogen-bond donors (Lipinski definition) is 1. The number of benzene rings is 3.